The molecule has 27 heavy (non-hydrogen) atoms. The molecule has 3 aromatic rings. The third-order valence-corrected chi connectivity index (χ3v) is 5.13. The van der Waals surface area contributed by atoms with Gasteiger partial charge in [-0.15, -0.1) is 10.2 Å². The topological polar surface area (TPSA) is 68.5 Å². The summed E-state index contributed by atoms with van der Waals surface area (Å²) in [5.74, 6) is 0.951. The first kappa shape index (κ1) is 17.7. The number of amides is 1. The van der Waals surface area contributed by atoms with Crippen LogP contribution in [0.4, 0.5) is 4.39 Å². The van der Waals surface area contributed by atoms with Gasteiger partial charge in [-0.05, 0) is 36.4 Å². The Labute approximate surface area is 159 Å². The summed E-state index contributed by atoms with van der Waals surface area (Å²) in [7, 11) is 0. The molecule has 0 spiro atoms. The van der Waals surface area contributed by atoms with Gasteiger partial charge in [0, 0.05) is 23.6 Å². The van der Waals surface area contributed by atoms with Gasteiger partial charge in [0.25, 0.3) is 0 Å². The molecule has 1 unspecified atom stereocenters. The van der Waals surface area contributed by atoms with Crippen molar-refractivity contribution in [3.8, 4) is 17.2 Å². The van der Waals surface area contributed by atoms with E-state index in [9.17, 15) is 9.18 Å². The summed E-state index contributed by atoms with van der Waals surface area (Å²) in [5.41, 5.74) is 0.887. The zero-order valence-corrected chi connectivity index (χ0v) is 15.3. The number of likely N-dealkylation sites (tertiary alicyclic amines) is 1. The van der Waals surface area contributed by atoms with Crippen LogP contribution < -0.4 is 4.74 Å². The van der Waals surface area contributed by atoms with Gasteiger partial charge in [0.05, 0.1) is 13.0 Å². The molecule has 0 N–H and O–H groups in total. The van der Waals surface area contributed by atoms with Gasteiger partial charge in [-0.25, -0.2) is 4.39 Å². The smallest absolute Gasteiger partial charge is 0.248 e. The fraction of sp³-hybridized carbons (Fsp3) is 0.316. The van der Waals surface area contributed by atoms with E-state index in [1.54, 1.807) is 28.4 Å². The first-order chi connectivity index (χ1) is 13.2. The van der Waals surface area contributed by atoms with Crippen LogP contribution in [0.2, 0.25) is 0 Å². The van der Waals surface area contributed by atoms with E-state index >= 15 is 0 Å². The lowest BCUT2D eigenvalue weighted by atomic mass is 10.2. The molecule has 1 aliphatic heterocycles. The van der Waals surface area contributed by atoms with Gasteiger partial charge in [-0.1, -0.05) is 6.07 Å². The van der Waals surface area contributed by atoms with Crippen molar-refractivity contribution in [3.05, 3.63) is 52.8 Å². The quantitative estimate of drug-likeness (QED) is 0.638. The second-order valence-electron chi connectivity index (χ2n) is 6.26. The Balaban J connectivity index is 1.37. The lowest BCUT2D eigenvalue weighted by Crippen LogP contribution is -2.31. The van der Waals surface area contributed by atoms with Crippen molar-refractivity contribution in [2.45, 2.75) is 25.3 Å². The van der Waals surface area contributed by atoms with Crippen molar-refractivity contribution in [2.75, 3.05) is 13.2 Å². The number of ether oxygens (including phenoxy) is 1. The number of carbonyl (C=O) groups is 1. The van der Waals surface area contributed by atoms with E-state index < -0.39 is 0 Å². The van der Waals surface area contributed by atoms with Crippen molar-refractivity contribution >= 4 is 17.2 Å². The van der Waals surface area contributed by atoms with Gasteiger partial charge in [0.1, 0.15) is 17.6 Å². The van der Waals surface area contributed by atoms with Gasteiger partial charge in [-0.2, -0.15) is 11.3 Å². The molecule has 1 aromatic carbocycles. The Bertz CT molecular complexity index is 913. The van der Waals surface area contributed by atoms with Crippen LogP contribution >= 0.6 is 11.3 Å². The molecule has 3 heterocycles. The Morgan fingerprint density at radius 2 is 2.30 bits per heavy atom. The molecule has 1 aliphatic rings. The number of halogens is 1. The SMILES string of the molecule is O=C(CCOc1cccc(F)c1)N1CCCC1c1nnc(-c2ccsc2)o1. The summed E-state index contributed by atoms with van der Waals surface area (Å²) in [6.45, 7) is 0.842. The second kappa shape index (κ2) is 7.87. The van der Waals surface area contributed by atoms with E-state index in [0.29, 0.717) is 24.1 Å². The van der Waals surface area contributed by atoms with E-state index in [1.165, 1.54) is 12.1 Å². The number of rotatable bonds is 6. The van der Waals surface area contributed by atoms with E-state index in [0.717, 1.165) is 18.4 Å². The largest absolute Gasteiger partial charge is 0.493 e. The van der Waals surface area contributed by atoms with Crippen molar-refractivity contribution < 1.29 is 18.3 Å². The Morgan fingerprint density at radius 3 is 3.11 bits per heavy atom. The van der Waals surface area contributed by atoms with E-state index in [4.69, 9.17) is 9.15 Å². The minimum Gasteiger partial charge on any atom is -0.493 e. The highest BCUT2D eigenvalue weighted by Gasteiger charge is 2.33. The molecular formula is C19H18FN3O3S. The highest BCUT2D eigenvalue weighted by molar-refractivity contribution is 7.08. The summed E-state index contributed by atoms with van der Waals surface area (Å²) in [6, 6.07) is 7.60. The monoisotopic (exact) mass is 387 g/mol. The first-order valence-electron chi connectivity index (χ1n) is 8.74. The Kier molecular flexibility index (Phi) is 5.15. The normalized spacial score (nSPS) is 16.6. The van der Waals surface area contributed by atoms with Crippen molar-refractivity contribution in [1.82, 2.24) is 15.1 Å². The predicted octanol–water partition coefficient (Wildman–Crippen LogP) is 4.07. The van der Waals surface area contributed by atoms with Crippen molar-refractivity contribution in [2.24, 2.45) is 0 Å². The van der Waals surface area contributed by atoms with Crippen molar-refractivity contribution in [3.63, 3.8) is 0 Å². The third-order valence-electron chi connectivity index (χ3n) is 4.45. The molecule has 0 saturated carbocycles. The number of thiophene rings is 1. The molecule has 0 bridgehead atoms. The van der Waals surface area contributed by atoms with Crippen LogP contribution in [0.15, 0.2) is 45.5 Å². The fourth-order valence-electron chi connectivity index (χ4n) is 3.15. The van der Waals surface area contributed by atoms with Gasteiger partial charge in [0.15, 0.2) is 0 Å². The summed E-state index contributed by atoms with van der Waals surface area (Å²) in [5, 5.41) is 12.1. The van der Waals surface area contributed by atoms with Gasteiger partial charge in [0.2, 0.25) is 17.7 Å². The number of hydrogen-bond donors (Lipinski definition) is 0. The molecule has 8 heteroatoms. The standard InChI is InChI=1S/C19H18FN3O3S/c20-14-3-1-4-15(11-14)25-9-6-17(24)23-8-2-5-16(23)19-22-21-18(26-19)13-7-10-27-12-13/h1,3-4,7,10-12,16H,2,5-6,8-9H2. The van der Waals surface area contributed by atoms with Crippen LogP contribution in [0.25, 0.3) is 11.5 Å². The summed E-state index contributed by atoms with van der Waals surface area (Å²) in [4.78, 5) is 14.4. The molecule has 1 atom stereocenters. The van der Waals surface area contributed by atoms with Crippen LogP contribution in [-0.4, -0.2) is 34.2 Å². The molecule has 4 rings (SSSR count). The average Bonchev–Trinajstić information content (AvgIpc) is 3.40. The zero-order chi connectivity index (χ0) is 18.6. The maximum Gasteiger partial charge on any atom is 0.248 e. The molecular weight excluding hydrogens is 369 g/mol. The Hall–Kier alpha value is -2.74. The van der Waals surface area contributed by atoms with Gasteiger partial charge in [-0.3, -0.25) is 4.79 Å². The maximum absolute atomic E-state index is 13.2. The molecule has 1 saturated heterocycles. The summed E-state index contributed by atoms with van der Waals surface area (Å²) >= 11 is 1.56. The van der Waals surface area contributed by atoms with Crippen molar-refractivity contribution in [1.29, 1.82) is 0 Å². The summed E-state index contributed by atoms with van der Waals surface area (Å²) < 4.78 is 24.4. The lowest BCUT2D eigenvalue weighted by molar-refractivity contribution is -0.133. The molecule has 0 aliphatic carbocycles. The van der Waals surface area contributed by atoms with E-state index in [-0.39, 0.29) is 30.8 Å². The first-order valence-corrected chi connectivity index (χ1v) is 9.69. The molecule has 1 amide bonds. The predicted molar refractivity (Wildman–Crippen MR) is 97.8 cm³/mol. The summed E-state index contributed by atoms with van der Waals surface area (Å²) in [6.07, 6.45) is 1.89. The third kappa shape index (κ3) is 4.00. The molecule has 6 nitrogen and oxygen atoms in total. The molecule has 140 valence electrons. The van der Waals surface area contributed by atoms with Crippen LogP contribution in [0.1, 0.15) is 31.2 Å². The zero-order valence-electron chi connectivity index (χ0n) is 14.5. The highest BCUT2D eigenvalue weighted by atomic mass is 32.1. The van der Waals surface area contributed by atoms with Gasteiger partial charge < -0.3 is 14.1 Å². The van der Waals surface area contributed by atoms with Crippen LogP contribution in [-0.2, 0) is 4.79 Å². The van der Waals surface area contributed by atoms with Crippen LogP contribution in [0.5, 0.6) is 5.75 Å². The average molecular weight is 387 g/mol. The van der Waals surface area contributed by atoms with Crippen LogP contribution in [0, 0.1) is 5.82 Å². The number of carbonyl (C=O) groups excluding carboxylic acids is 1. The second-order valence-corrected chi connectivity index (χ2v) is 7.04. The molecule has 1 fully saturated rings. The number of aromatic nitrogens is 2. The number of nitrogens with zero attached hydrogens (tertiary/aromatic N) is 3. The number of hydrogen-bond acceptors (Lipinski definition) is 6. The minimum atomic E-state index is -0.365. The van der Waals surface area contributed by atoms with Crippen LogP contribution in [0.3, 0.4) is 0 Å². The minimum absolute atomic E-state index is 0.0378. The van der Waals surface area contributed by atoms with E-state index in [1.807, 2.05) is 16.8 Å². The fourth-order valence-corrected chi connectivity index (χ4v) is 3.78. The molecule has 2 aromatic heterocycles. The highest BCUT2D eigenvalue weighted by Crippen LogP contribution is 2.33. The maximum atomic E-state index is 13.2. The Morgan fingerprint density at radius 1 is 1.37 bits per heavy atom. The number of benzene rings is 1. The lowest BCUT2D eigenvalue weighted by Gasteiger charge is -2.22. The molecule has 0 radical (unpaired) electrons. The van der Waals surface area contributed by atoms with Gasteiger partial charge >= 0.3 is 0 Å². The van der Waals surface area contributed by atoms with E-state index in [2.05, 4.69) is 10.2 Å².